The topological polar surface area (TPSA) is 149 Å². The molecular formula is C55H105NO8. The van der Waals surface area contributed by atoms with Crippen molar-refractivity contribution in [2.45, 2.75) is 307 Å². The van der Waals surface area contributed by atoms with Gasteiger partial charge in [0.2, 0.25) is 5.91 Å². The Morgan fingerprint density at radius 1 is 0.516 bits per heavy atom. The number of nitrogens with one attached hydrogen (secondary N) is 1. The van der Waals surface area contributed by atoms with Crippen LogP contribution in [0.25, 0.3) is 0 Å². The SMILES string of the molecule is CCCCCCCCC/C=C\CCCCCCCC(=O)NC(COC1OC(CO)C(O)C(O)C1O)C(O)/C=C/CCCCCCCCCCCCCCCCCCCCCCCCC. The van der Waals surface area contributed by atoms with Gasteiger partial charge in [-0.05, 0) is 44.9 Å². The largest absolute Gasteiger partial charge is 0.394 e. The number of aliphatic hydroxyl groups is 5. The van der Waals surface area contributed by atoms with E-state index >= 15 is 0 Å². The number of aliphatic hydroxyl groups excluding tert-OH is 5. The summed E-state index contributed by atoms with van der Waals surface area (Å²) in [6.07, 6.45) is 49.5. The molecule has 1 aliphatic heterocycles. The van der Waals surface area contributed by atoms with Crippen LogP contribution in [0.3, 0.4) is 0 Å². The van der Waals surface area contributed by atoms with Gasteiger partial charge in [0.1, 0.15) is 24.4 Å². The monoisotopic (exact) mass is 908 g/mol. The number of amides is 1. The van der Waals surface area contributed by atoms with Crippen LogP contribution in [0.5, 0.6) is 0 Å². The second kappa shape index (κ2) is 45.5. The van der Waals surface area contributed by atoms with E-state index < -0.39 is 49.5 Å². The molecule has 0 aromatic carbocycles. The molecule has 0 saturated carbocycles. The second-order valence-corrected chi connectivity index (χ2v) is 19.4. The lowest BCUT2D eigenvalue weighted by Gasteiger charge is -2.40. The molecule has 7 atom stereocenters. The molecule has 1 heterocycles. The zero-order chi connectivity index (χ0) is 46.6. The van der Waals surface area contributed by atoms with Crippen molar-refractivity contribution in [3.05, 3.63) is 24.3 Å². The Hall–Kier alpha value is -1.33. The maximum absolute atomic E-state index is 13.0. The first kappa shape index (κ1) is 60.7. The summed E-state index contributed by atoms with van der Waals surface area (Å²) in [5, 5.41) is 54.4. The average molecular weight is 908 g/mol. The molecule has 0 aromatic rings. The second-order valence-electron chi connectivity index (χ2n) is 19.4. The Balaban J connectivity index is 2.24. The normalized spacial score (nSPS) is 20.1. The van der Waals surface area contributed by atoms with E-state index in [1.165, 1.54) is 186 Å². The molecule has 1 saturated heterocycles. The van der Waals surface area contributed by atoms with Crippen LogP contribution in [0.1, 0.15) is 264 Å². The van der Waals surface area contributed by atoms with Gasteiger partial charge in [-0.15, -0.1) is 0 Å². The lowest BCUT2D eigenvalue weighted by molar-refractivity contribution is -0.302. The van der Waals surface area contributed by atoms with Gasteiger partial charge in [-0.3, -0.25) is 4.79 Å². The van der Waals surface area contributed by atoms with Gasteiger partial charge in [-0.25, -0.2) is 0 Å². The molecule has 64 heavy (non-hydrogen) atoms. The van der Waals surface area contributed by atoms with Crippen LogP contribution in [0.2, 0.25) is 0 Å². The molecule has 0 radical (unpaired) electrons. The highest BCUT2D eigenvalue weighted by atomic mass is 16.7. The van der Waals surface area contributed by atoms with E-state index in [4.69, 9.17) is 9.47 Å². The van der Waals surface area contributed by atoms with E-state index in [0.29, 0.717) is 6.42 Å². The molecule has 1 amide bonds. The van der Waals surface area contributed by atoms with Crippen LogP contribution < -0.4 is 5.32 Å². The number of hydrogen-bond donors (Lipinski definition) is 6. The van der Waals surface area contributed by atoms with Crippen LogP contribution in [-0.2, 0) is 14.3 Å². The first-order valence-electron chi connectivity index (χ1n) is 27.6. The van der Waals surface area contributed by atoms with E-state index in [1.807, 2.05) is 6.08 Å². The fourth-order valence-electron chi connectivity index (χ4n) is 8.86. The number of carbonyl (C=O) groups excluding carboxylic acids is 1. The predicted molar refractivity (Wildman–Crippen MR) is 267 cm³/mol. The molecular weight excluding hydrogens is 803 g/mol. The molecule has 9 nitrogen and oxygen atoms in total. The van der Waals surface area contributed by atoms with Crippen molar-refractivity contribution in [2.24, 2.45) is 0 Å². The summed E-state index contributed by atoms with van der Waals surface area (Å²) < 4.78 is 11.3. The molecule has 1 fully saturated rings. The summed E-state index contributed by atoms with van der Waals surface area (Å²) >= 11 is 0. The van der Waals surface area contributed by atoms with E-state index in [9.17, 15) is 30.3 Å². The van der Waals surface area contributed by atoms with Gasteiger partial charge in [0.15, 0.2) is 6.29 Å². The highest BCUT2D eigenvalue weighted by molar-refractivity contribution is 5.76. The Morgan fingerprint density at radius 2 is 0.875 bits per heavy atom. The molecule has 9 heteroatoms. The zero-order valence-electron chi connectivity index (χ0n) is 41.8. The van der Waals surface area contributed by atoms with Crippen LogP contribution in [-0.4, -0.2) is 87.5 Å². The minimum atomic E-state index is -1.57. The van der Waals surface area contributed by atoms with E-state index in [0.717, 1.165) is 57.8 Å². The molecule has 1 rings (SSSR count). The summed E-state index contributed by atoms with van der Waals surface area (Å²) in [6, 6.07) is -0.807. The number of hydrogen-bond acceptors (Lipinski definition) is 8. The highest BCUT2D eigenvalue weighted by Gasteiger charge is 2.44. The first-order chi connectivity index (χ1) is 31.3. The van der Waals surface area contributed by atoms with Crippen molar-refractivity contribution in [3.8, 4) is 0 Å². The van der Waals surface area contributed by atoms with Crippen molar-refractivity contribution in [3.63, 3.8) is 0 Å². The Bertz CT molecular complexity index is 1060. The summed E-state index contributed by atoms with van der Waals surface area (Å²) in [5.41, 5.74) is 0. The number of carbonyl (C=O) groups is 1. The van der Waals surface area contributed by atoms with Crippen molar-refractivity contribution in [1.82, 2.24) is 5.32 Å². The first-order valence-corrected chi connectivity index (χ1v) is 27.6. The van der Waals surface area contributed by atoms with Crippen LogP contribution in [0.15, 0.2) is 24.3 Å². The third kappa shape index (κ3) is 34.9. The molecule has 7 unspecified atom stereocenters. The number of allylic oxidation sites excluding steroid dienone is 3. The third-order valence-corrected chi connectivity index (χ3v) is 13.3. The van der Waals surface area contributed by atoms with E-state index in [1.54, 1.807) is 6.08 Å². The van der Waals surface area contributed by atoms with Crippen LogP contribution in [0, 0.1) is 0 Å². The fraction of sp³-hybridized carbons (Fsp3) is 0.909. The number of ether oxygens (including phenoxy) is 2. The summed E-state index contributed by atoms with van der Waals surface area (Å²) in [4.78, 5) is 13.0. The quantitative estimate of drug-likeness (QED) is 0.0261. The number of rotatable bonds is 47. The van der Waals surface area contributed by atoms with Crippen molar-refractivity contribution >= 4 is 5.91 Å². The summed E-state index contributed by atoms with van der Waals surface area (Å²) in [5.74, 6) is -0.182. The van der Waals surface area contributed by atoms with E-state index in [-0.39, 0.29) is 12.5 Å². The van der Waals surface area contributed by atoms with Crippen molar-refractivity contribution in [2.75, 3.05) is 13.2 Å². The third-order valence-electron chi connectivity index (χ3n) is 13.3. The van der Waals surface area contributed by atoms with Gasteiger partial charge in [0.05, 0.1) is 25.4 Å². The molecule has 0 aromatic heterocycles. The van der Waals surface area contributed by atoms with Gasteiger partial charge in [0, 0.05) is 6.42 Å². The minimum Gasteiger partial charge on any atom is -0.394 e. The van der Waals surface area contributed by atoms with Crippen LogP contribution in [0.4, 0.5) is 0 Å². The maximum Gasteiger partial charge on any atom is 0.220 e. The van der Waals surface area contributed by atoms with Gasteiger partial charge in [0.25, 0.3) is 0 Å². The smallest absolute Gasteiger partial charge is 0.220 e. The van der Waals surface area contributed by atoms with Gasteiger partial charge < -0.3 is 40.3 Å². The molecule has 0 aliphatic carbocycles. The maximum atomic E-state index is 13.0. The summed E-state index contributed by atoms with van der Waals surface area (Å²) in [6.45, 7) is 3.79. The minimum absolute atomic E-state index is 0.182. The predicted octanol–water partition coefficient (Wildman–Crippen LogP) is 13.0. The molecule has 378 valence electrons. The average Bonchev–Trinajstić information content (AvgIpc) is 3.29. The molecule has 6 N–H and O–H groups in total. The lowest BCUT2D eigenvalue weighted by atomic mass is 9.99. The van der Waals surface area contributed by atoms with Crippen molar-refractivity contribution in [1.29, 1.82) is 0 Å². The van der Waals surface area contributed by atoms with Crippen LogP contribution >= 0.6 is 0 Å². The fourth-order valence-corrected chi connectivity index (χ4v) is 8.86. The Kier molecular flexibility index (Phi) is 43.1. The van der Waals surface area contributed by atoms with Gasteiger partial charge in [-0.2, -0.15) is 0 Å². The summed E-state index contributed by atoms with van der Waals surface area (Å²) in [7, 11) is 0. The van der Waals surface area contributed by atoms with E-state index in [2.05, 4.69) is 31.3 Å². The zero-order valence-corrected chi connectivity index (χ0v) is 41.8. The lowest BCUT2D eigenvalue weighted by Crippen LogP contribution is -2.60. The number of unbranched alkanes of at least 4 members (excludes halogenated alkanes) is 35. The molecule has 0 bridgehead atoms. The molecule has 1 aliphatic rings. The van der Waals surface area contributed by atoms with Gasteiger partial charge >= 0.3 is 0 Å². The molecule has 0 spiro atoms. The highest BCUT2D eigenvalue weighted by Crippen LogP contribution is 2.23. The standard InChI is InChI=1S/C55H105NO8/c1-3-5-7-9-11-13-15-17-19-21-22-23-24-25-26-27-28-29-30-32-34-36-38-40-42-44-49(58)48(47-63-55-54(62)53(61)52(60)50(46-57)64-55)56-51(59)45-43-41-39-37-35-33-31-20-18-16-14-12-10-8-6-4-2/h20,31,42,44,48-50,52-55,57-58,60-62H,3-19,21-30,32-41,43,45-47H2,1-2H3,(H,56,59)/b31-20-,44-42+. The van der Waals surface area contributed by atoms with Crippen molar-refractivity contribution < 1.29 is 39.8 Å². The Labute approximate surface area is 394 Å². The van der Waals surface area contributed by atoms with Gasteiger partial charge in [-0.1, -0.05) is 237 Å². The Morgan fingerprint density at radius 3 is 1.27 bits per heavy atom.